The summed E-state index contributed by atoms with van der Waals surface area (Å²) < 4.78 is 10.6. The van der Waals surface area contributed by atoms with Gasteiger partial charge in [0.1, 0.15) is 0 Å². The first-order valence-corrected chi connectivity index (χ1v) is 8.88. The van der Waals surface area contributed by atoms with Crippen LogP contribution in [0, 0.1) is 5.92 Å². The maximum absolute atomic E-state index is 12.2. The maximum atomic E-state index is 12.2. The number of amides is 1. The maximum Gasteiger partial charge on any atom is 0.231 e. The molecule has 0 saturated heterocycles. The normalized spacial score (nSPS) is 16.9. The molecule has 1 aliphatic heterocycles. The van der Waals surface area contributed by atoms with Crippen LogP contribution >= 0.6 is 0 Å². The number of anilines is 1. The van der Waals surface area contributed by atoms with Gasteiger partial charge in [-0.15, -0.1) is 0 Å². The summed E-state index contributed by atoms with van der Waals surface area (Å²) in [6.07, 6.45) is 9.13. The molecular formula is C19H25NO4. The number of ether oxygens (including phenoxy) is 2. The van der Waals surface area contributed by atoms with Crippen LogP contribution in [0.5, 0.6) is 11.5 Å². The van der Waals surface area contributed by atoms with Gasteiger partial charge in [0.2, 0.25) is 12.7 Å². The van der Waals surface area contributed by atoms with Crippen LogP contribution in [-0.2, 0) is 4.79 Å². The molecule has 3 rings (SSSR count). The third kappa shape index (κ3) is 4.08. The van der Waals surface area contributed by atoms with Gasteiger partial charge in [-0.3, -0.25) is 9.59 Å². The molecular weight excluding hydrogens is 306 g/mol. The van der Waals surface area contributed by atoms with Gasteiger partial charge in [-0.25, -0.2) is 0 Å². The number of fused-ring (bicyclic) bond motifs is 1. The zero-order valence-electron chi connectivity index (χ0n) is 14.2. The Hall–Kier alpha value is -2.04. The molecule has 1 fully saturated rings. The molecule has 1 saturated carbocycles. The van der Waals surface area contributed by atoms with Crippen LogP contribution in [0.3, 0.4) is 0 Å². The molecule has 24 heavy (non-hydrogen) atoms. The quantitative estimate of drug-likeness (QED) is 0.789. The van der Waals surface area contributed by atoms with E-state index in [1.165, 1.54) is 39.0 Å². The van der Waals surface area contributed by atoms with Crippen molar-refractivity contribution in [2.75, 3.05) is 12.1 Å². The Balaban J connectivity index is 1.56. The fraction of sp³-hybridized carbons (Fsp3) is 0.579. The summed E-state index contributed by atoms with van der Waals surface area (Å²) in [6, 6.07) is 3.32. The minimum Gasteiger partial charge on any atom is -0.454 e. The molecule has 1 aromatic carbocycles. The summed E-state index contributed by atoms with van der Waals surface area (Å²) >= 11 is 0. The van der Waals surface area contributed by atoms with Crippen molar-refractivity contribution in [2.24, 2.45) is 5.92 Å². The van der Waals surface area contributed by atoms with E-state index in [1.807, 2.05) is 0 Å². The van der Waals surface area contributed by atoms with Crippen molar-refractivity contribution in [1.29, 1.82) is 0 Å². The van der Waals surface area contributed by atoms with Crippen LogP contribution in [0.25, 0.3) is 0 Å². The lowest BCUT2D eigenvalue weighted by Gasteiger charge is -2.21. The molecule has 130 valence electrons. The smallest absolute Gasteiger partial charge is 0.231 e. The topological polar surface area (TPSA) is 64.6 Å². The first-order chi connectivity index (χ1) is 11.6. The minimum atomic E-state index is -0.106. The van der Waals surface area contributed by atoms with Crippen LogP contribution in [-0.4, -0.2) is 18.5 Å². The van der Waals surface area contributed by atoms with E-state index in [-0.39, 0.29) is 18.5 Å². The predicted octanol–water partition coefficient (Wildman–Crippen LogP) is 4.31. The lowest BCUT2D eigenvalue weighted by atomic mass is 9.86. The second-order valence-corrected chi connectivity index (χ2v) is 6.75. The van der Waals surface area contributed by atoms with Gasteiger partial charge in [-0.1, -0.05) is 32.1 Å². The van der Waals surface area contributed by atoms with Crippen molar-refractivity contribution >= 4 is 17.4 Å². The van der Waals surface area contributed by atoms with Crippen LogP contribution in [0.4, 0.5) is 5.69 Å². The van der Waals surface area contributed by atoms with Gasteiger partial charge < -0.3 is 14.8 Å². The van der Waals surface area contributed by atoms with Crippen molar-refractivity contribution in [3.05, 3.63) is 17.7 Å². The molecule has 0 radical (unpaired) electrons. The van der Waals surface area contributed by atoms with E-state index < -0.39 is 0 Å². The number of hydrogen-bond acceptors (Lipinski definition) is 4. The average molecular weight is 331 g/mol. The average Bonchev–Trinajstić information content (AvgIpc) is 3.02. The van der Waals surface area contributed by atoms with Crippen molar-refractivity contribution in [3.8, 4) is 11.5 Å². The number of carbonyl (C=O) groups excluding carboxylic acids is 2. The van der Waals surface area contributed by atoms with E-state index in [0.717, 1.165) is 18.8 Å². The lowest BCUT2D eigenvalue weighted by Crippen LogP contribution is -2.15. The fourth-order valence-corrected chi connectivity index (χ4v) is 3.58. The van der Waals surface area contributed by atoms with E-state index in [9.17, 15) is 9.59 Å². The third-order valence-electron chi connectivity index (χ3n) is 4.91. The number of rotatable bonds is 6. The summed E-state index contributed by atoms with van der Waals surface area (Å²) in [4.78, 5) is 24.1. The number of ketones is 1. The van der Waals surface area contributed by atoms with Crippen LogP contribution < -0.4 is 14.8 Å². The number of benzene rings is 1. The van der Waals surface area contributed by atoms with Gasteiger partial charge in [0.05, 0.1) is 5.69 Å². The Kier molecular flexibility index (Phi) is 5.38. The van der Waals surface area contributed by atoms with Gasteiger partial charge in [0.25, 0.3) is 0 Å². The van der Waals surface area contributed by atoms with Gasteiger partial charge >= 0.3 is 0 Å². The monoisotopic (exact) mass is 331 g/mol. The molecule has 0 atom stereocenters. The van der Waals surface area contributed by atoms with Crippen LogP contribution in [0.1, 0.15) is 68.6 Å². The largest absolute Gasteiger partial charge is 0.454 e. The van der Waals surface area contributed by atoms with Gasteiger partial charge in [0.15, 0.2) is 17.3 Å². The summed E-state index contributed by atoms with van der Waals surface area (Å²) in [6.45, 7) is 1.63. The Bertz CT molecular complexity index is 620. The highest BCUT2D eigenvalue weighted by molar-refractivity contribution is 6.04. The van der Waals surface area contributed by atoms with Crippen LogP contribution in [0.15, 0.2) is 12.1 Å². The third-order valence-corrected chi connectivity index (χ3v) is 4.91. The molecule has 1 aromatic rings. The zero-order valence-corrected chi connectivity index (χ0v) is 14.2. The number of nitrogens with one attached hydrogen (secondary N) is 1. The first-order valence-electron chi connectivity index (χ1n) is 8.88. The van der Waals surface area contributed by atoms with Gasteiger partial charge in [-0.2, -0.15) is 0 Å². The highest BCUT2D eigenvalue weighted by Gasteiger charge is 2.20. The lowest BCUT2D eigenvalue weighted by molar-refractivity contribution is -0.116. The molecule has 0 aromatic heterocycles. The van der Waals surface area contributed by atoms with Crippen molar-refractivity contribution in [2.45, 2.75) is 58.3 Å². The second kappa shape index (κ2) is 7.69. The molecule has 1 N–H and O–H groups in total. The van der Waals surface area contributed by atoms with E-state index in [1.54, 1.807) is 12.1 Å². The van der Waals surface area contributed by atoms with Gasteiger partial charge in [-0.05, 0) is 31.7 Å². The Morgan fingerprint density at radius 2 is 1.83 bits per heavy atom. The molecule has 0 spiro atoms. The molecule has 5 heteroatoms. The summed E-state index contributed by atoms with van der Waals surface area (Å²) in [5, 5.41) is 2.86. The van der Waals surface area contributed by atoms with Crippen molar-refractivity contribution in [1.82, 2.24) is 0 Å². The van der Waals surface area contributed by atoms with Crippen molar-refractivity contribution < 1.29 is 19.1 Å². The molecule has 1 aliphatic carbocycles. The summed E-state index contributed by atoms with van der Waals surface area (Å²) in [7, 11) is 0. The van der Waals surface area contributed by atoms with E-state index in [2.05, 4.69) is 5.32 Å². The van der Waals surface area contributed by atoms with Gasteiger partial charge in [0, 0.05) is 18.1 Å². The zero-order chi connectivity index (χ0) is 16.9. The molecule has 1 heterocycles. The number of Topliss-reactive ketones (excluding diaryl/α,β-unsaturated/α-hetero) is 1. The fourth-order valence-electron chi connectivity index (χ4n) is 3.58. The molecule has 0 unspecified atom stereocenters. The molecule has 2 aliphatic rings. The summed E-state index contributed by atoms with van der Waals surface area (Å²) in [5.41, 5.74) is 0.967. The highest BCUT2D eigenvalue weighted by atomic mass is 16.7. The first kappa shape index (κ1) is 16.8. The number of carbonyl (C=O) groups is 2. The van der Waals surface area contributed by atoms with E-state index >= 15 is 0 Å². The Morgan fingerprint density at radius 1 is 1.12 bits per heavy atom. The summed E-state index contributed by atoms with van der Waals surface area (Å²) in [5.74, 6) is 1.75. The van der Waals surface area contributed by atoms with E-state index in [4.69, 9.17) is 9.47 Å². The predicted molar refractivity (Wildman–Crippen MR) is 91.6 cm³/mol. The van der Waals surface area contributed by atoms with Crippen molar-refractivity contribution in [3.63, 3.8) is 0 Å². The standard InChI is InChI=1S/C19H25NO4/c1-13(21)15-10-17-18(24-12-23-17)11-16(15)20-19(22)9-5-8-14-6-3-2-4-7-14/h10-11,14H,2-9,12H2,1H3,(H,20,22). The SMILES string of the molecule is CC(=O)c1cc2c(cc1NC(=O)CCCC1CCCCC1)OCO2. The Morgan fingerprint density at radius 3 is 2.54 bits per heavy atom. The molecule has 5 nitrogen and oxygen atoms in total. The number of hydrogen-bond donors (Lipinski definition) is 1. The molecule has 0 bridgehead atoms. The minimum absolute atomic E-state index is 0.0489. The van der Waals surface area contributed by atoms with Crippen LogP contribution in [0.2, 0.25) is 0 Å². The highest BCUT2D eigenvalue weighted by Crippen LogP contribution is 2.37. The second-order valence-electron chi connectivity index (χ2n) is 6.75. The van der Waals surface area contributed by atoms with E-state index in [0.29, 0.717) is 29.2 Å². The molecule has 1 amide bonds. The Labute approximate surface area is 142 Å².